The molecule has 0 spiro atoms. The maximum absolute atomic E-state index is 14.4. The zero-order valence-electron chi connectivity index (χ0n) is 24.5. The quantitative estimate of drug-likeness (QED) is 0.214. The number of likely N-dealkylation sites (N-methyl/N-ethyl adjacent to an activating group) is 1. The number of nitrogens with zero attached hydrogens (tertiary/aromatic N) is 2. The minimum atomic E-state index is -4.15. The molecule has 0 bridgehead atoms. The smallest absolute Gasteiger partial charge is 0.264 e. The number of carbonyl (C=O) groups is 2. The number of nitrogens with one attached hydrogen (secondary N) is 1. The van der Waals surface area contributed by atoms with Crippen molar-refractivity contribution < 1.29 is 18.0 Å². The van der Waals surface area contributed by atoms with Crippen LogP contribution in [0.1, 0.15) is 29.2 Å². The lowest BCUT2D eigenvalue weighted by Crippen LogP contribution is -2.53. The molecule has 0 saturated carbocycles. The molecular formula is C34H36ClN3O4S. The first-order valence-electron chi connectivity index (χ1n) is 14.1. The monoisotopic (exact) mass is 617 g/mol. The van der Waals surface area contributed by atoms with Crippen LogP contribution in [-0.4, -0.2) is 44.3 Å². The second-order valence-corrected chi connectivity index (χ2v) is 12.7. The highest BCUT2D eigenvalue weighted by atomic mass is 35.5. The largest absolute Gasteiger partial charge is 0.355 e. The van der Waals surface area contributed by atoms with Crippen LogP contribution in [-0.2, 0) is 32.6 Å². The summed E-state index contributed by atoms with van der Waals surface area (Å²) in [5.41, 5.74) is 3.58. The predicted octanol–water partition coefficient (Wildman–Crippen LogP) is 5.93. The molecule has 1 N–H and O–H groups in total. The van der Waals surface area contributed by atoms with E-state index < -0.39 is 28.5 Å². The summed E-state index contributed by atoms with van der Waals surface area (Å²) in [6.45, 7) is 5.43. The van der Waals surface area contributed by atoms with Gasteiger partial charge in [0.15, 0.2) is 0 Å². The average molecular weight is 618 g/mol. The lowest BCUT2D eigenvalue weighted by Gasteiger charge is -2.34. The summed E-state index contributed by atoms with van der Waals surface area (Å²) in [7, 11) is -4.15. The fourth-order valence-electron chi connectivity index (χ4n) is 5.00. The van der Waals surface area contributed by atoms with Gasteiger partial charge in [0.05, 0.1) is 10.6 Å². The maximum Gasteiger partial charge on any atom is 0.264 e. The van der Waals surface area contributed by atoms with Gasteiger partial charge in [0.25, 0.3) is 10.0 Å². The first kappa shape index (κ1) is 31.8. The molecule has 4 aromatic carbocycles. The Balaban J connectivity index is 1.82. The van der Waals surface area contributed by atoms with Gasteiger partial charge < -0.3 is 10.2 Å². The highest BCUT2D eigenvalue weighted by molar-refractivity contribution is 7.92. The van der Waals surface area contributed by atoms with Crippen molar-refractivity contribution in [3.05, 3.63) is 130 Å². The van der Waals surface area contributed by atoms with Crippen molar-refractivity contribution in [3.8, 4) is 0 Å². The van der Waals surface area contributed by atoms with E-state index in [1.807, 2.05) is 63.2 Å². The molecule has 9 heteroatoms. The van der Waals surface area contributed by atoms with Crippen molar-refractivity contribution in [2.75, 3.05) is 17.4 Å². The molecule has 4 rings (SSSR count). The number of hydrogen-bond acceptors (Lipinski definition) is 4. The molecule has 0 aliphatic heterocycles. The molecule has 4 aromatic rings. The molecule has 224 valence electrons. The van der Waals surface area contributed by atoms with Crippen LogP contribution in [0.3, 0.4) is 0 Å². The SMILES string of the molecule is CCNC(=O)[C@@H](Cc1ccccc1)N(Cc1ccccc1Cl)C(=O)CN(c1cc(C)cc(C)c1)S(=O)(=O)c1ccccc1. The highest BCUT2D eigenvalue weighted by Crippen LogP contribution is 2.27. The molecule has 0 aliphatic carbocycles. The summed E-state index contributed by atoms with van der Waals surface area (Å²) in [4.78, 5) is 29.5. The van der Waals surface area contributed by atoms with Crippen molar-refractivity contribution in [1.29, 1.82) is 0 Å². The Bertz CT molecular complexity index is 1640. The van der Waals surface area contributed by atoms with E-state index in [-0.39, 0.29) is 23.8 Å². The van der Waals surface area contributed by atoms with Crippen molar-refractivity contribution in [3.63, 3.8) is 0 Å². The summed E-state index contributed by atoms with van der Waals surface area (Å²) < 4.78 is 29.3. The van der Waals surface area contributed by atoms with Crippen LogP contribution in [0, 0.1) is 13.8 Å². The number of hydrogen-bond donors (Lipinski definition) is 1. The zero-order valence-corrected chi connectivity index (χ0v) is 26.1. The van der Waals surface area contributed by atoms with Gasteiger partial charge in [-0.2, -0.15) is 0 Å². The summed E-state index contributed by atoms with van der Waals surface area (Å²) in [5.74, 6) is -0.874. The van der Waals surface area contributed by atoms with Crippen LogP contribution < -0.4 is 9.62 Å². The fraction of sp³-hybridized carbons (Fsp3) is 0.235. The molecule has 0 saturated heterocycles. The van der Waals surface area contributed by atoms with Gasteiger partial charge in [-0.25, -0.2) is 8.42 Å². The summed E-state index contributed by atoms with van der Waals surface area (Å²) in [5, 5.41) is 3.30. The van der Waals surface area contributed by atoms with Gasteiger partial charge in [-0.1, -0.05) is 84.4 Å². The number of anilines is 1. The summed E-state index contributed by atoms with van der Waals surface area (Å²) >= 11 is 6.52. The molecule has 0 aromatic heterocycles. The Hall–Kier alpha value is -4.14. The van der Waals surface area contributed by atoms with E-state index in [0.717, 1.165) is 21.0 Å². The van der Waals surface area contributed by atoms with Crippen LogP contribution in [0.15, 0.2) is 108 Å². The number of benzene rings is 4. The topological polar surface area (TPSA) is 86.8 Å². The van der Waals surface area contributed by atoms with Gasteiger partial charge in [0, 0.05) is 24.5 Å². The molecule has 1 atom stereocenters. The van der Waals surface area contributed by atoms with Crippen molar-refractivity contribution in [2.24, 2.45) is 0 Å². The van der Waals surface area contributed by atoms with E-state index in [9.17, 15) is 18.0 Å². The lowest BCUT2D eigenvalue weighted by molar-refractivity contribution is -0.140. The van der Waals surface area contributed by atoms with Crippen LogP contribution >= 0.6 is 11.6 Å². The molecule has 0 heterocycles. The summed E-state index contributed by atoms with van der Waals surface area (Å²) in [6, 6.07) is 29.1. The Morgan fingerprint density at radius 2 is 1.42 bits per heavy atom. The number of amides is 2. The van der Waals surface area contributed by atoms with Crippen LogP contribution in [0.4, 0.5) is 5.69 Å². The normalized spacial score (nSPS) is 11.9. The number of sulfonamides is 1. The van der Waals surface area contributed by atoms with Gasteiger partial charge in [-0.05, 0) is 73.4 Å². The minimum absolute atomic E-state index is 0.0131. The Morgan fingerprint density at radius 3 is 2.02 bits per heavy atom. The number of halogens is 1. The molecule has 0 radical (unpaired) electrons. The van der Waals surface area contributed by atoms with Crippen molar-refractivity contribution in [1.82, 2.24) is 10.2 Å². The van der Waals surface area contributed by atoms with Crippen LogP contribution in [0.25, 0.3) is 0 Å². The predicted molar refractivity (Wildman–Crippen MR) is 172 cm³/mol. The molecule has 7 nitrogen and oxygen atoms in total. The van der Waals surface area contributed by atoms with Crippen molar-refractivity contribution >= 4 is 39.1 Å². The number of rotatable bonds is 12. The van der Waals surface area contributed by atoms with E-state index in [0.29, 0.717) is 22.8 Å². The van der Waals surface area contributed by atoms with E-state index in [1.165, 1.54) is 17.0 Å². The third-order valence-electron chi connectivity index (χ3n) is 7.03. The van der Waals surface area contributed by atoms with Crippen molar-refractivity contribution in [2.45, 2.75) is 44.7 Å². The standard InChI is InChI=1S/C34H36ClN3O4S/c1-4-36-34(40)32(22-27-13-7-5-8-14-27)37(23-28-15-11-12-18-31(28)35)33(39)24-38(29-20-25(2)19-26(3)21-29)43(41,42)30-16-9-6-10-17-30/h5-21,32H,4,22-24H2,1-3H3,(H,36,40)/t32-/m1/s1. The van der Waals surface area contributed by atoms with E-state index in [2.05, 4.69) is 5.32 Å². The fourth-order valence-corrected chi connectivity index (χ4v) is 6.61. The van der Waals surface area contributed by atoms with Crippen LogP contribution in [0.2, 0.25) is 5.02 Å². The molecule has 43 heavy (non-hydrogen) atoms. The third kappa shape index (κ3) is 8.03. The third-order valence-corrected chi connectivity index (χ3v) is 9.18. The lowest BCUT2D eigenvalue weighted by atomic mass is 10.0. The van der Waals surface area contributed by atoms with E-state index in [1.54, 1.807) is 48.5 Å². The Morgan fingerprint density at radius 1 is 0.837 bits per heavy atom. The maximum atomic E-state index is 14.4. The van der Waals surface area contributed by atoms with E-state index >= 15 is 0 Å². The average Bonchev–Trinajstić information content (AvgIpc) is 2.99. The second kappa shape index (κ2) is 14.4. The molecular weight excluding hydrogens is 582 g/mol. The van der Waals surface area contributed by atoms with E-state index in [4.69, 9.17) is 11.6 Å². The Labute approximate surface area is 259 Å². The minimum Gasteiger partial charge on any atom is -0.355 e. The first-order valence-corrected chi connectivity index (χ1v) is 15.9. The van der Waals surface area contributed by atoms with Crippen LogP contribution in [0.5, 0.6) is 0 Å². The Kier molecular flexibility index (Phi) is 10.6. The first-order chi connectivity index (χ1) is 20.6. The molecule has 0 aliphatic rings. The van der Waals surface area contributed by atoms with Gasteiger partial charge in [-0.15, -0.1) is 0 Å². The van der Waals surface area contributed by atoms with Gasteiger partial charge in [0.2, 0.25) is 11.8 Å². The number of carbonyl (C=O) groups excluding carboxylic acids is 2. The second-order valence-electron chi connectivity index (χ2n) is 10.4. The van der Waals surface area contributed by atoms with Gasteiger partial charge >= 0.3 is 0 Å². The zero-order chi connectivity index (χ0) is 31.0. The highest BCUT2D eigenvalue weighted by Gasteiger charge is 2.34. The number of aryl methyl sites for hydroxylation is 2. The van der Waals surface area contributed by atoms with Gasteiger partial charge in [-0.3, -0.25) is 13.9 Å². The molecule has 0 fully saturated rings. The molecule has 0 unspecified atom stereocenters. The molecule has 2 amide bonds. The summed E-state index contributed by atoms with van der Waals surface area (Å²) in [6.07, 6.45) is 0.234. The van der Waals surface area contributed by atoms with Gasteiger partial charge in [0.1, 0.15) is 12.6 Å².